The first-order valence-corrected chi connectivity index (χ1v) is 10.1. The topological polar surface area (TPSA) is 72.5 Å². The number of benzene rings is 2. The summed E-state index contributed by atoms with van der Waals surface area (Å²) in [5.74, 6) is 0.686. The van der Waals surface area contributed by atoms with E-state index in [1.54, 1.807) is 31.4 Å². The van der Waals surface area contributed by atoms with Crippen LogP contribution in [0.2, 0.25) is 10.0 Å². The molecule has 10 heteroatoms. The van der Waals surface area contributed by atoms with Crippen LogP contribution in [0.15, 0.2) is 30.3 Å². The summed E-state index contributed by atoms with van der Waals surface area (Å²) in [6.45, 7) is 2.34. The normalized spacial score (nSPS) is 10.6. The summed E-state index contributed by atoms with van der Waals surface area (Å²) >= 11 is 18.8. The Hall–Kier alpha value is -2.13. The van der Waals surface area contributed by atoms with Crippen LogP contribution in [0, 0.1) is 0 Å². The van der Waals surface area contributed by atoms with Crippen LogP contribution in [0.3, 0.4) is 0 Å². The van der Waals surface area contributed by atoms with Crippen molar-refractivity contribution in [2.75, 3.05) is 19.0 Å². The minimum absolute atomic E-state index is 0.118. The van der Waals surface area contributed by atoms with Gasteiger partial charge in [-0.3, -0.25) is 10.1 Å². The highest BCUT2D eigenvalue weighted by Gasteiger charge is 2.13. The maximum absolute atomic E-state index is 12.4. The zero-order chi connectivity index (χ0) is 20.3. The Labute approximate surface area is 180 Å². The van der Waals surface area contributed by atoms with Gasteiger partial charge >= 0.3 is 0 Å². The largest absolute Gasteiger partial charge is 0.495 e. The van der Waals surface area contributed by atoms with Crippen molar-refractivity contribution in [2.45, 2.75) is 6.92 Å². The van der Waals surface area contributed by atoms with Crippen LogP contribution >= 0.6 is 46.8 Å². The zero-order valence-electron chi connectivity index (χ0n) is 14.8. The number of carbonyl (C=O) groups excluding carboxylic acids is 1. The summed E-state index contributed by atoms with van der Waals surface area (Å²) in [5.41, 5.74) is 1.06. The fourth-order valence-electron chi connectivity index (χ4n) is 2.36. The number of nitrogens with one attached hydrogen (secondary N) is 2. The first-order chi connectivity index (χ1) is 13.4. The fourth-order valence-corrected chi connectivity index (χ4v) is 3.96. The number of aromatic nitrogens is 1. The van der Waals surface area contributed by atoms with Crippen LogP contribution in [-0.4, -0.2) is 29.7 Å². The highest BCUT2D eigenvalue weighted by molar-refractivity contribution is 7.80. The lowest BCUT2D eigenvalue weighted by Gasteiger charge is -2.09. The number of anilines is 1. The Balaban J connectivity index is 1.69. The first-order valence-electron chi connectivity index (χ1n) is 8.10. The van der Waals surface area contributed by atoms with Gasteiger partial charge in [0, 0.05) is 11.6 Å². The van der Waals surface area contributed by atoms with Crippen molar-refractivity contribution in [1.29, 1.82) is 0 Å². The number of amides is 1. The van der Waals surface area contributed by atoms with Gasteiger partial charge in [0.05, 0.1) is 34.0 Å². The van der Waals surface area contributed by atoms with E-state index < -0.39 is 5.91 Å². The molecule has 0 fully saturated rings. The molecule has 1 aromatic heterocycles. The molecular formula is C18H15Cl2N3O3S2. The molecule has 0 radical (unpaired) electrons. The molecule has 0 aliphatic rings. The van der Waals surface area contributed by atoms with Gasteiger partial charge in [-0.25, -0.2) is 4.98 Å². The Bertz CT molecular complexity index is 1060. The number of thiocarbonyl (C=S) groups is 1. The Kier molecular flexibility index (Phi) is 6.56. The highest BCUT2D eigenvalue weighted by atomic mass is 35.5. The minimum Gasteiger partial charge on any atom is -0.495 e. The molecule has 3 aromatic rings. The zero-order valence-corrected chi connectivity index (χ0v) is 18.0. The molecule has 0 saturated carbocycles. The Morgan fingerprint density at radius 1 is 1.21 bits per heavy atom. The summed E-state index contributed by atoms with van der Waals surface area (Å²) in [5, 5.41) is 6.96. The second kappa shape index (κ2) is 8.91. The van der Waals surface area contributed by atoms with Gasteiger partial charge in [-0.2, -0.15) is 0 Å². The highest BCUT2D eigenvalue weighted by Crippen LogP contribution is 2.34. The number of fused-ring (bicyclic) bond motifs is 1. The standard InChI is InChI=1S/C18H15Cl2N3O3S2/c1-3-26-13-5-4-9(6-10(13)19)16(24)22-17(27)23-18-21-12-7-11(20)14(25-2)8-15(12)28-18/h4-8H,3H2,1-2H3,(H2,21,22,23,24,27). The van der Waals surface area contributed by atoms with Gasteiger partial charge in [-0.1, -0.05) is 34.5 Å². The van der Waals surface area contributed by atoms with Gasteiger partial charge in [-0.15, -0.1) is 0 Å². The van der Waals surface area contributed by atoms with Gasteiger partial charge < -0.3 is 14.8 Å². The fraction of sp³-hybridized carbons (Fsp3) is 0.167. The van der Waals surface area contributed by atoms with E-state index in [1.807, 2.05) is 6.92 Å². The summed E-state index contributed by atoms with van der Waals surface area (Å²) in [6, 6.07) is 8.28. The molecule has 2 aromatic carbocycles. The second-order valence-electron chi connectivity index (χ2n) is 5.46. The van der Waals surface area contributed by atoms with E-state index in [-0.39, 0.29) is 5.11 Å². The first kappa shape index (κ1) is 20.6. The molecule has 3 rings (SSSR count). The molecule has 0 aliphatic carbocycles. The molecule has 1 heterocycles. The average Bonchev–Trinajstić information content (AvgIpc) is 3.03. The number of ether oxygens (including phenoxy) is 2. The number of halogens is 2. The minimum atomic E-state index is -0.395. The smallest absolute Gasteiger partial charge is 0.257 e. The van der Waals surface area contributed by atoms with Crippen molar-refractivity contribution in [3.63, 3.8) is 0 Å². The molecule has 1 amide bonds. The van der Waals surface area contributed by atoms with Gasteiger partial charge in [-0.05, 0) is 43.4 Å². The number of hydrogen-bond donors (Lipinski definition) is 2. The van der Waals surface area contributed by atoms with E-state index in [1.165, 1.54) is 17.4 Å². The Morgan fingerprint density at radius 2 is 1.96 bits per heavy atom. The van der Waals surface area contributed by atoms with Crippen LogP contribution in [0.25, 0.3) is 10.2 Å². The lowest BCUT2D eigenvalue weighted by atomic mass is 10.2. The van der Waals surface area contributed by atoms with Crippen LogP contribution in [0.1, 0.15) is 17.3 Å². The van der Waals surface area contributed by atoms with Crippen LogP contribution in [-0.2, 0) is 0 Å². The van der Waals surface area contributed by atoms with Crippen molar-refractivity contribution in [3.05, 3.63) is 45.9 Å². The van der Waals surface area contributed by atoms with E-state index in [2.05, 4.69) is 15.6 Å². The van der Waals surface area contributed by atoms with Crippen LogP contribution < -0.4 is 20.1 Å². The van der Waals surface area contributed by atoms with Crippen LogP contribution in [0.4, 0.5) is 5.13 Å². The third kappa shape index (κ3) is 4.64. The second-order valence-corrected chi connectivity index (χ2v) is 7.71. The third-order valence-corrected chi connectivity index (χ3v) is 5.33. The van der Waals surface area contributed by atoms with Gasteiger partial charge in [0.15, 0.2) is 10.2 Å². The molecule has 6 nitrogen and oxygen atoms in total. The van der Waals surface area contributed by atoms with Crippen molar-refractivity contribution in [1.82, 2.24) is 10.3 Å². The van der Waals surface area contributed by atoms with Crippen LogP contribution in [0.5, 0.6) is 11.5 Å². The molecule has 0 saturated heterocycles. The molecule has 0 atom stereocenters. The van der Waals surface area contributed by atoms with E-state index in [0.717, 1.165) is 4.70 Å². The number of methoxy groups -OCH3 is 1. The maximum Gasteiger partial charge on any atom is 0.257 e. The number of nitrogens with zero attached hydrogens (tertiary/aromatic N) is 1. The number of hydrogen-bond acceptors (Lipinski definition) is 6. The molecular weight excluding hydrogens is 441 g/mol. The van der Waals surface area contributed by atoms with E-state index in [9.17, 15) is 4.79 Å². The van der Waals surface area contributed by atoms with E-state index in [4.69, 9.17) is 44.9 Å². The summed E-state index contributed by atoms with van der Waals surface area (Å²) in [6.07, 6.45) is 0. The molecule has 0 unspecified atom stereocenters. The lowest BCUT2D eigenvalue weighted by molar-refractivity contribution is 0.0977. The number of thiazole rings is 1. The third-order valence-electron chi connectivity index (χ3n) is 3.60. The molecule has 146 valence electrons. The lowest BCUT2D eigenvalue weighted by Crippen LogP contribution is -2.34. The average molecular weight is 456 g/mol. The number of rotatable bonds is 5. The van der Waals surface area contributed by atoms with Crippen molar-refractivity contribution in [3.8, 4) is 11.5 Å². The van der Waals surface area contributed by atoms with E-state index in [0.29, 0.717) is 44.4 Å². The SMILES string of the molecule is CCOc1ccc(C(=O)NC(=S)Nc2nc3cc(Cl)c(OC)cc3s2)cc1Cl. The number of carbonyl (C=O) groups is 1. The monoisotopic (exact) mass is 455 g/mol. The quantitative estimate of drug-likeness (QED) is 0.519. The van der Waals surface area contributed by atoms with Gasteiger partial charge in [0.2, 0.25) is 0 Å². The molecule has 0 bridgehead atoms. The summed E-state index contributed by atoms with van der Waals surface area (Å²) in [4.78, 5) is 16.8. The molecule has 2 N–H and O–H groups in total. The Morgan fingerprint density at radius 3 is 2.64 bits per heavy atom. The molecule has 0 aliphatic heterocycles. The predicted octanol–water partition coefficient (Wildman–Crippen LogP) is 5.14. The molecule has 0 spiro atoms. The summed E-state index contributed by atoms with van der Waals surface area (Å²) < 4.78 is 11.4. The van der Waals surface area contributed by atoms with Gasteiger partial charge in [0.1, 0.15) is 11.5 Å². The molecule has 28 heavy (non-hydrogen) atoms. The van der Waals surface area contributed by atoms with Crippen molar-refractivity contribution in [2.24, 2.45) is 0 Å². The van der Waals surface area contributed by atoms with Gasteiger partial charge in [0.25, 0.3) is 5.91 Å². The predicted molar refractivity (Wildman–Crippen MR) is 117 cm³/mol. The van der Waals surface area contributed by atoms with Crippen molar-refractivity contribution < 1.29 is 14.3 Å². The summed E-state index contributed by atoms with van der Waals surface area (Å²) in [7, 11) is 1.55. The maximum atomic E-state index is 12.4. The van der Waals surface area contributed by atoms with E-state index >= 15 is 0 Å². The van der Waals surface area contributed by atoms with Crippen molar-refractivity contribution >= 4 is 73.1 Å².